The summed E-state index contributed by atoms with van der Waals surface area (Å²) in [5.74, 6) is 8.10. The Balaban J connectivity index is 0.00000121. The summed E-state index contributed by atoms with van der Waals surface area (Å²) >= 11 is 1.98. The molecule has 0 aliphatic heterocycles. The van der Waals surface area contributed by atoms with E-state index in [0.717, 1.165) is 12.1 Å². The summed E-state index contributed by atoms with van der Waals surface area (Å²) in [5.41, 5.74) is 3.85. The highest BCUT2D eigenvalue weighted by Crippen LogP contribution is 2.18. The molecule has 0 saturated heterocycles. The first kappa shape index (κ1) is 16.3. The lowest BCUT2D eigenvalue weighted by Crippen LogP contribution is -2.25. The van der Waals surface area contributed by atoms with Gasteiger partial charge in [0.25, 0.3) is 0 Å². The lowest BCUT2D eigenvalue weighted by atomic mass is 10.1. The minimum absolute atomic E-state index is 1.08. The van der Waals surface area contributed by atoms with Gasteiger partial charge in [-0.25, -0.2) is 5.84 Å². The number of benzene rings is 1. The number of nitrogens with zero attached hydrogens (tertiary/aromatic N) is 1. The number of aryl methyl sites for hydroxylation is 2. The summed E-state index contributed by atoms with van der Waals surface area (Å²) in [6.45, 7) is 8.36. The largest absolute Gasteiger partial charge is 0.314 e. The molecule has 98 valence electrons. The van der Waals surface area contributed by atoms with E-state index in [-0.39, 0.29) is 0 Å². The summed E-state index contributed by atoms with van der Waals surface area (Å²) < 4.78 is 0. The maximum atomic E-state index is 5.72. The first-order chi connectivity index (χ1) is 8.15. The number of hydrazine groups is 1. The molecule has 2 N–H and O–H groups in total. The highest BCUT2D eigenvalue weighted by molar-refractivity contribution is 7.99. The monoisotopic (exact) mass is 254 g/mol. The second-order valence-electron chi connectivity index (χ2n) is 3.67. The van der Waals surface area contributed by atoms with Crippen LogP contribution in [0.15, 0.2) is 18.2 Å². The molecule has 0 unspecified atom stereocenters. The maximum Gasteiger partial charge on any atom is 0.0516 e. The van der Waals surface area contributed by atoms with E-state index in [1.165, 1.54) is 22.6 Å². The van der Waals surface area contributed by atoms with Gasteiger partial charge in [0.1, 0.15) is 0 Å². The van der Waals surface area contributed by atoms with Gasteiger partial charge < -0.3 is 5.01 Å². The van der Waals surface area contributed by atoms with Crippen molar-refractivity contribution in [1.82, 2.24) is 0 Å². The van der Waals surface area contributed by atoms with E-state index in [9.17, 15) is 0 Å². The smallest absolute Gasteiger partial charge is 0.0516 e. The summed E-state index contributed by atoms with van der Waals surface area (Å²) in [6, 6.07) is 6.39. The van der Waals surface area contributed by atoms with Gasteiger partial charge in [0, 0.05) is 7.05 Å². The van der Waals surface area contributed by atoms with Crippen LogP contribution in [-0.2, 0) is 6.42 Å². The van der Waals surface area contributed by atoms with E-state index in [0.29, 0.717) is 0 Å². The standard InChI is InChI=1S/C12H20N2S.C2H6/c1-4-15-8-7-11-9-12(14(3)13)6-5-10(11)2;1-2/h5-6,9H,4,7-8,13H2,1-3H3;1-2H3. The molecule has 1 aromatic rings. The predicted octanol–water partition coefficient (Wildman–Crippen LogP) is 3.63. The van der Waals surface area contributed by atoms with Gasteiger partial charge in [-0.15, -0.1) is 0 Å². The Labute approximate surface area is 111 Å². The SMILES string of the molecule is CC.CCSCCc1cc(N(C)N)ccc1C. The molecular formula is C14H26N2S. The van der Waals surface area contributed by atoms with E-state index >= 15 is 0 Å². The molecule has 0 heterocycles. The van der Waals surface area contributed by atoms with Crippen LogP contribution in [0.4, 0.5) is 5.69 Å². The third-order valence-electron chi connectivity index (χ3n) is 2.46. The van der Waals surface area contributed by atoms with Gasteiger partial charge >= 0.3 is 0 Å². The third-order valence-corrected chi connectivity index (χ3v) is 3.36. The second-order valence-corrected chi connectivity index (χ2v) is 5.06. The molecule has 1 rings (SSSR count). The summed E-state index contributed by atoms with van der Waals surface area (Å²) in [6.07, 6.45) is 1.13. The number of thioether (sulfide) groups is 1. The van der Waals surface area contributed by atoms with E-state index in [1.54, 1.807) is 5.01 Å². The Hall–Kier alpha value is -0.670. The van der Waals surface area contributed by atoms with Crippen LogP contribution in [0.1, 0.15) is 31.9 Å². The predicted molar refractivity (Wildman–Crippen MR) is 81.8 cm³/mol. The van der Waals surface area contributed by atoms with Crippen molar-refractivity contribution in [2.24, 2.45) is 5.84 Å². The Kier molecular flexibility index (Phi) is 9.00. The molecule has 0 radical (unpaired) electrons. The van der Waals surface area contributed by atoms with E-state index < -0.39 is 0 Å². The van der Waals surface area contributed by atoms with Crippen molar-refractivity contribution >= 4 is 17.4 Å². The normalized spacial score (nSPS) is 9.53. The fraction of sp³-hybridized carbons (Fsp3) is 0.571. The van der Waals surface area contributed by atoms with Gasteiger partial charge in [0.05, 0.1) is 5.69 Å². The zero-order valence-corrected chi connectivity index (χ0v) is 12.6. The van der Waals surface area contributed by atoms with Gasteiger partial charge in [0.15, 0.2) is 0 Å². The van der Waals surface area contributed by atoms with Crippen molar-refractivity contribution in [2.75, 3.05) is 23.6 Å². The van der Waals surface area contributed by atoms with Crippen LogP contribution < -0.4 is 10.9 Å². The molecule has 0 aliphatic rings. The van der Waals surface area contributed by atoms with Gasteiger partial charge in [-0.2, -0.15) is 11.8 Å². The molecule has 0 spiro atoms. The van der Waals surface area contributed by atoms with Crippen LogP contribution in [0, 0.1) is 6.92 Å². The number of rotatable bonds is 5. The molecule has 0 aromatic heterocycles. The van der Waals surface area contributed by atoms with E-state index in [1.807, 2.05) is 32.7 Å². The maximum absolute atomic E-state index is 5.72. The molecule has 0 atom stereocenters. The third kappa shape index (κ3) is 5.99. The van der Waals surface area contributed by atoms with Crippen LogP contribution in [0.5, 0.6) is 0 Å². The topological polar surface area (TPSA) is 29.3 Å². The van der Waals surface area contributed by atoms with Crippen LogP contribution in [0.25, 0.3) is 0 Å². The first-order valence-corrected chi connectivity index (χ1v) is 7.46. The molecule has 17 heavy (non-hydrogen) atoms. The molecule has 3 heteroatoms. The minimum Gasteiger partial charge on any atom is -0.314 e. The molecule has 0 aliphatic carbocycles. The van der Waals surface area contributed by atoms with Crippen molar-refractivity contribution in [2.45, 2.75) is 34.1 Å². The Bertz CT molecular complexity index is 311. The van der Waals surface area contributed by atoms with Crippen molar-refractivity contribution in [3.63, 3.8) is 0 Å². The summed E-state index contributed by atoms with van der Waals surface area (Å²) in [7, 11) is 1.87. The number of hydrogen-bond acceptors (Lipinski definition) is 3. The van der Waals surface area contributed by atoms with Crippen molar-refractivity contribution in [1.29, 1.82) is 0 Å². The zero-order chi connectivity index (χ0) is 13.3. The van der Waals surface area contributed by atoms with Gasteiger partial charge in [-0.1, -0.05) is 26.8 Å². The highest BCUT2D eigenvalue weighted by Gasteiger charge is 2.02. The van der Waals surface area contributed by atoms with Gasteiger partial charge in [-0.3, -0.25) is 0 Å². The first-order valence-electron chi connectivity index (χ1n) is 6.31. The van der Waals surface area contributed by atoms with Crippen LogP contribution in [-0.4, -0.2) is 18.6 Å². The molecule has 0 saturated carbocycles. The zero-order valence-electron chi connectivity index (χ0n) is 11.8. The van der Waals surface area contributed by atoms with Crippen LogP contribution in [0.2, 0.25) is 0 Å². The van der Waals surface area contributed by atoms with E-state index in [2.05, 4.69) is 32.0 Å². The minimum atomic E-state index is 1.08. The molecule has 0 amide bonds. The van der Waals surface area contributed by atoms with Gasteiger partial charge in [-0.05, 0) is 48.1 Å². The van der Waals surface area contributed by atoms with E-state index in [4.69, 9.17) is 5.84 Å². The lowest BCUT2D eigenvalue weighted by Gasteiger charge is -2.14. The highest BCUT2D eigenvalue weighted by atomic mass is 32.2. The van der Waals surface area contributed by atoms with Crippen LogP contribution in [0.3, 0.4) is 0 Å². The molecular weight excluding hydrogens is 228 g/mol. The van der Waals surface area contributed by atoms with Crippen LogP contribution >= 0.6 is 11.8 Å². The summed E-state index contributed by atoms with van der Waals surface area (Å²) in [5, 5.41) is 1.66. The van der Waals surface area contributed by atoms with Crippen molar-refractivity contribution < 1.29 is 0 Å². The average molecular weight is 254 g/mol. The lowest BCUT2D eigenvalue weighted by molar-refractivity contribution is 1.01. The fourth-order valence-corrected chi connectivity index (χ4v) is 2.13. The Morgan fingerprint density at radius 3 is 2.47 bits per heavy atom. The number of hydrogen-bond donors (Lipinski definition) is 1. The molecule has 1 aromatic carbocycles. The quantitative estimate of drug-likeness (QED) is 0.494. The van der Waals surface area contributed by atoms with Gasteiger partial charge in [0.2, 0.25) is 0 Å². The van der Waals surface area contributed by atoms with Crippen molar-refractivity contribution in [3.8, 4) is 0 Å². The molecule has 0 bridgehead atoms. The van der Waals surface area contributed by atoms with Crippen molar-refractivity contribution in [3.05, 3.63) is 29.3 Å². The molecule has 0 fully saturated rings. The fourth-order valence-electron chi connectivity index (χ4n) is 1.47. The Morgan fingerprint density at radius 1 is 1.29 bits per heavy atom. The number of nitrogens with two attached hydrogens (primary N) is 1. The summed E-state index contributed by atoms with van der Waals surface area (Å²) in [4.78, 5) is 0. The Morgan fingerprint density at radius 2 is 1.94 bits per heavy atom. The second kappa shape index (κ2) is 9.37. The average Bonchev–Trinajstić information content (AvgIpc) is 2.34. The molecule has 2 nitrogen and oxygen atoms in total. The number of anilines is 1.